The van der Waals surface area contributed by atoms with Gasteiger partial charge in [-0.05, 0) is 44.5 Å². The third-order valence-corrected chi connectivity index (χ3v) is 3.73. The van der Waals surface area contributed by atoms with Gasteiger partial charge in [-0.25, -0.2) is 0 Å². The Bertz CT molecular complexity index is 366. The van der Waals surface area contributed by atoms with E-state index in [-0.39, 0.29) is 5.92 Å². The Balaban J connectivity index is 2.16. The van der Waals surface area contributed by atoms with Gasteiger partial charge >= 0.3 is 0 Å². The fourth-order valence-electron chi connectivity index (χ4n) is 2.73. The summed E-state index contributed by atoms with van der Waals surface area (Å²) in [6.07, 6.45) is 2.27. The van der Waals surface area contributed by atoms with Crippen molar-refractivity contribution in [1.29, 1.82) is 5.41 Å². The highest BCUT2D eigenvalue weighted by Gasteiger charge is 2.28. The molecule has 17 heavy (non-hydrogen) atoms. The third-order valence-electron chi connectivity index (χ3n) is 3.73. The van der Waals surface area contributed by atoms with Crippen LogP contribution in [-0.2, 0) is 0 Å². The van der Waals surface area contributed by atoms with E-state index < -0.39 is 0 Å². The minimum Gasteiger partial charge on any atom is -0.387 e. The standard InChI is InChI=1S/C14H21N3/c1-17-9-7-12(8-10-17)13(14(15)16)11-5-3-2-4-6-11/h2-6,12-13H,7-10H2,1H3,(H3,15,16). The van der Waals surface area contributed by atoms with Gasteiger partial charge in [0.2, 0.25) is 0 Å². The van der Waals surface area contributed by atoms with Crippen molar-refractivity contribution in [3.8, 4) is 0 Å². The molecule has 0 saturated carbocycles. The summed E-state index contributed by atoms with van der Waals surface area (Å²) in [7, 11) is 2.15. The highest BCUT2D eigenvalue weighted by atomic mass is 15.1. The predicted octanol–water partition coefficient (Wildman–Crippen LogP) is 2.05. The Kier molecular flexibility index (Phi) is 3.79. The lowest BCUT2D eigenvalue weighted by Crippen LogP contribution is -2.36. The smallest absolute Gasteiger partial charge is 0.0984 e. The molecule has 3 N–H and O–H groups in total. The van der Waals surface area contributed by atoms with E-state index in [0.29, 0.717) is 11.8 Å². The van der Waals surface area contributed by atoms with Gasteiger partial charge in [0.1, 0.15) is 0 Å². The van der Waals surface area contributed by atoms with Crippen molar-refractivity contribution in [3.63, 3.8) is 0 Å². The fourth-order valence-corrected chi connectivity index (χ4v) is 2.73. The van der Waals surface area contributed by atoms with Crippen LogP contribution >= 0.6 is 0 Å². The fraction of sp³-hybridized carbons (Fsp3) is 0.500. The highest BCUT2D eigenvalue weighted by molar-refractivity contribution is 5.84. The molecule has 1 unspecified atom stereocenters. The molecule has 1 aromatic rings. The number of hydrogen-bond acceptors (Lipinski definition) is 2. The maximum absolute atomic E-state index is 7.84. The van der Waals surface area contributed by atoms with E-state index in [0.717, 1.165) is 25.9 Å². The largest absolute Gasteiger partial charge is 0.387 e. The van der Waals surface area contributed by atoms with Crippen LogP contribution in [0.15, 0.2) is 30.3 Å². The van der Waals surface area contributed by atoms with Crippen LogP contribution < -0.4 is 5.73 Å². The summed E-state index contributed by atoms with van der Waals surface area (Å²) >= 11 is 0. The molecule has 92 valence electrons. The maximum Gasteiger partial charge on any atom is 0.0984 e. The highest BCUT2D eigenvalue weighted by Crippen LogP contribution is 2.32. The van der Waals surface area contributed by atoms with E-state index in [2.05, 4.69) is 24.1 Å². The van der Waals surface area contributed by atoms with E-state index in [1.54, 1.807) is 0 Å². The summed E-state index contributed by atoms with van der Waals surface area (Å²) in [5, 5.41) is 7.84. The van der Waals surface area contributed by atoms with Crippen molar-refractivity contribution in [2.75, 3.05) is 20.1 Å². The first kappa shape index (κ1) is 12.1. The second-order valence-corrected chi connectivity index (χ2v) is 4.98. The third kappa shape index (κ3) is 2.86. The molecule has 1 aromatic carbocycles. The van der Waals surface area contributed by atoms with Crippen LogP contribution in [0.4, 0.5) is 0 Å². The van der Waals surface area contributed by atoms with Crippen LogP contribution in [0.25, 0.3) is 0 Å². The molecule has 1 heterocycles. The monoisotopic (exact) mass is 231 g/mol. The Labute approximate surface area is 103 Å². The lowest BCUT2D eigenvalue weighted by atomic mass is 9.79. The molecule has 0 spiro atoms. The van der Waals surface area contributed by atoms with E-state index in [1.165, 1.54) is 5.56 Å². The number of nitrogens with one attached hydrogen (secondary N) is 1. The molecule has 3 nitrogen and oxygen atoms in total. The summed E-state index contributed by atoms with van der Waals surface area (Å²) in [4.78, 5) is 2.35. The molecule has 2 rings (SSSR count). The number of benzene rings is 1. The first-order chi connectivity index (χ1) is 8.18. The zero-order valence-corrected chi connectivity index (χ0v) is 10.4. The van der Waals surface area contributed by atoms with Crippen molar-refractivity contribution in [2.45, 2.75) is 18.8 Å². The summed E-state index contributed by atoms with van der Waals surface area (Å²) in [6.45, 7) is 2.22. The van der Waals surface area contributed by atoms with Gasteiger partial charge in [-0.2, -0.15) is 0 Å². The van der Waals surface area contributed by atoms with Gasteiger partial charge in [-0.1, -0.05) is 30.3 Å². The van der Waals surface area contributed by atoms with E-state index in [9.17, 15) is 0 Å². The Morgan fingerprint density at radius 3 is 2.41 bits per heavy atom. The molecule has 3 heteroatoms. The van der Waals surface area contributed by atoms with E-state index >= 15 is 0 Å². The minimum absolute atomic E-state index is 0.102. The summed E-state index contributed by atoms with van der Waals surface area (Å²) < 4.78 is 0. The van der Waals surface area contributed by atoms with Crippen molar-refractivity contribution >= 4 is 5.84 Å². The molecule has 0 radical (unpaired) electrons. The van der Waals surface area contributed by atoms with Gasteiger partial charge in [-0.3, -0.25) is 5.41 Å². The molecule has 1 aliphatic heterocycles. The molecule has 1 fully saturated rings. The van der Waals surface area contributed by atoms with Crippen LogP contribution in [0.5, 0.6) is 0 Å². The average molecular weight is 231 g/mol. The summed E-state index contributed by atoms with van der Waals surface area (Å²) in [5.41, 5.74) is 6.99. The molecule has 1 aliphatic rings. The molecule has 1 saturated heterocycles. The maximum atomic E-state index is 7.84. The van der Waals surface area contributed by atoms with Crippen LogP contribution in [0.2, 0.25) is 0 Å². The van der Waals surface area contributed by atoms with Crippen molar-refractivity contribution in [1.82, 2.24) is 4.90 Å². The predicted molar refractivity (Wildman–Crippen MR) is 71.3 cm³/mol. The molecular formula is C14H21N3. The molecule has 0 amide bonds. The van der Waals surface area contributed by atoms with E-state index in [1.807, 2.05) is 18.2 Å². The van der Waals surface area contributed by atoms with Gasteiger partial charge in [-0.15, -0.1) is 0 Å². The first-order valence-corrected chi connectivity index (χ1v) is 6.26. The zero-order chi connectivity index (χ0) is 12.3. The number of hydrogen-bond donors (Lipinski definition) is 2. The van der Waals surface area contributed by atoms with Crippen LogP contribution in [0.3, 0.4) is 0 Å². The van der Waals surface area contributed by atoms with Crippen LogP contribution in [0.1, 0.15) is 24.3 Å². The van der Waals surface area contributed by atoms with Gasteiger partial charge in [0.15, 0.2) is 0 Å². The van der Waals surface area contributed by atoms with Gasteiger partial charge in [0.25, 0.3) is 0 Å². The molecular weight excluding hydrogens is 210 g/mol. The zero-order valence-electron chi connectivity index (χ0n) is 10.4. The second-order valence-electron chi connectivity index (χ2n) is 4.98. The molecule has 0 aliphatic carbocycles. The minimum atomic E-state index is 0.102. The number of piperidine rings is 1. The Morgan fingerprint density at radius 2 is 1.88 bits per heavy atom. The van der Waals surface area contributed by atoms with E-state index in [4.69, 9.17) is 11.1 Å². The van der Waals surface area contributed by atoms with Crippen molar-refractivity contribution < 1.29 is 0 Å². The number of amidine groups is 1. The quantitative estimate of drug-likeness (QED) is 0.618. The lowest BCUT2D eigenvalue weighted by molar-refractivity contribution is 0.212. The summed E-state index contributed by atoms with van der Waals surface area (Å²) in [5.74, 6) is 0.932. The average Bonchev–Trinajstić information content (AvgIpc) is 2.33. The number of nitrogens with zero attached hydrogens (tertiary/aromatic N) is 1. The summed E-state index contributed by atoms with van der Waals surface area (Å²) in [6, 6.07) is 10.2. The van der Waals surface area contributed by atoms with Crippen LogP contribution in [-0.4, -0.2) is 30.9 Å². The second kappa shape index (κ2) is 5.32. The molecule has 0 aromatic heterocycles. The molecule has 0 bridgehead atoms. The van der Waals surface area contributed by atoms with Gasteiger partial charge in [0, 0.05) is 5.92 Å². The Hall–Kier alpha value is -1.35. The van der Waals surface area contributed by atoms with Crippen LogP contribution in [0, 0.1) is 11.3 Å². The molecule has 1 atom stereocenters. The van der Waals surface area contributed by atoms with Crippen molar-refractivity contribution in [3.05, 3.63) is 35.9 Å². The Morgan fingerprint density at radius 1 is 1.29 bits per heavy atom. The topological polar surface area (TPSA) is 53.1 Å². The van der Waals surface area contributed by atoms with Crippen molar-refractivity contribution in [2.24, 2.45) is 11.7 Å². The normalized spacial score (nSPS) is 20.1. The SMILES string of the molecule is CN1CCC(C(C(=N)N)c2ccccc2)CC1. The number of rotatable bonds is 3. The lowest BCUT2D eigenvalue weighted by Gasteiger charge is -2.34. The number of nitrogens with two attached hydrogens (primary N) is 1. The van der Waals surface area contributed by atoms with Gasteiger partial charge < -0.3 is 10.6 Å². The van der Waals surface area contributed by atoms with Gasteiger partial charge in [0.05, 0.1) is 5.84 Å². The number of likely N-dealkylation sites (tertiary alicyclic amines) is 1. The first-order valence-electron chi connectivity index (χ1n) is 6.26.